The van der Waals surface area contributed by atoms with Gasteiger partial charge in [-0.15, -0.1) is 0 Å². The number of benzene rings is 2. The Morgan fingerprint density at radius 1 is 1.00 bits per heavy atom. The number of rotatable bonds is 2. The van der Waals surface area contributed by atoms with Crippen LogP contribution in [0.4, 0.5) is 5.69 Å². The molecule has 0 atom stereocenters. The van der Waals surface area contributed by atoms with Gasteiger partial charge in [0, 0.05) is 15.7 Å². The molecule has 18 heavy (non-hydrogen) atoms. The summed E-state index contributed by atoms with van der Waals surface area (Å²) < 4.78 is 1.08. The summed E-state index contributed by atoms with van der Waals surface area (Å²) in [5.41, 5.74) is 3.39. The Bertz CT molecular complexity index is 559. The van der Waals surface area contributed by atoms with Crippen LogP contribution in [0.2, 0.25) is 0 Å². The monoisotopic (exact) mass is 299 g/mol. The van der Waals surface area contributed by atoms with E-state index in [0.717, 1.165) is 15.7 Å². The van der Waals surface area contributed by atoms with Gasteiger partial charge in [0.15, 0.2) is 0 Å². The average Bonchev–Trinajstić information content (AvgIpc) is 2.39. The fourth-order valence-corrected chi connectivity index (χ4v) is 1.76. The summed E-state index contributed by atoms with van der Waals surface area (Å²) in [6.07, 6.45) is 0. The van der Waals surface area contributed by atoms with Gasteiger partial charge in [-0.2, -0.15) is 0 Å². The molecule has 1 nitrogen and oxygen atoms in total. The number of hydrogen-bond acceptors (Lipinski definition) is 1. The molecule has 2 heteroatoms. The minimum absolute atomic E-state index is 0.648. The van der Waals surface area contributed by atoms with Crippen molar-refractivity contribution in [2.45, 2.75) is 6.92 Å². The van der Waals surface area contributed by atoms with Gasteiger partial charge < -0.3 is 5.32 Å². The smallest absolute Gasteiger partial charge is 0.0769 e. The second-order valence-electron chi connectivity index (χ2n) is 4.03. The van der Waals surface area contributed by atoms with Crippen molar-refractivity contribution in [1.29, 1.82) is 0 Å². The van der Waals surface area contributed by atoms with E-state index in [4.69, 9.17) is 0 Å². The third-order valence-electron chi connectivity index (χ3n) is 2.51. The first-order chi connectivity index (χ1) is 8.74. The second kappa shape index (κ2) is 6.28. The van der Waals surface area contributed by atoms with Crippen LogP contribution in [-0.4, -0.2) is 6.54 Å². The lowest BCUT2D eigenvalue weighted by molar-refractivity contribution is 1.37. The minimum atomic E-state index is 0.648. The standard InChI is InChI=1S/C16H14BrN/c1-13-4-6-14(7-5-13)3-2-12-18-16-10-8-15(17)9-11-16/h4-11,18H,12H2,1H3. The molecule has 2 aromatic carbocycles. The fraction of sp³-hybridized carbons (Fsp3) is 0.125. The van der Waals surface area contributed by atoms with Crippen LogP contribution in [0.5, 0.6) is 0 Å². The molecule has 2 rings (SSSR count). The first kappa shape index (κ1) is 12.7. The third-order valence-corrected chi connectivity index (χ3v) is 3.04. The van der Waals surface area contributed by atoms with E-state index in [9.17, 15) is 0 Å². The van der Waals surface area contributed by atoms with Gasteiger partial charge in [-0.3, -0.25) is 0 Å². The van der Waals surface area contributed by atoms with Gasteiger partial charge >= 0.3 is 0 Å². The Morgan fingerprint density at radius 2 is 1.67 bits per heavy atom. The van der Waals surface area contributed by atoms with Gasteiger partial charge in [0.2, 0.25) is 0 Å². The summed E-state index contributed by atoms with van der Waals surface area (Å²) in [5, 5.41) is 3.26. The molecular weight excluding hydrogens is 286 g/mol. The summed E-state index contributed by atoms with van der Waals surface area (Å²) in [4.78, 5) is 0. The van der Waals surface area contributed by atoms with Crippen LogP contribution in [0.1, 0.15) is 11.1 Å². The summed E-state index contributed by atoms with van der Waals surface area (Å²) >= 11 is 3.41. The zero-order valence-corrected chi connectivity index (χ0v) is 11.8. The van der Waals surface area contributed by atoms with E-state index in [2.05, 4.69) is 52.1 Å². The van der Waals surface area contributed by atoms with E-state index in [0.29, 0.717) is 6.54 Å². The van der Waals surface area contributed by atoms with E-state index in [-0.39, 0.29) is 0 Å². The van der Waals surface area contributed by atoms with Crippen LogP contribution in [0.15, 0.2) is 53.0 Å². The molecule has 2 aromatic rings. The van der Waals surface area contributed by atoms with Crippen molar-refractivity contribution in [3.05, 3.63) is 64.1 Å². The zero-order chi connectivity index (χ0) is 12.8. The average molecular weight is 300 g/mol. The zero-order valence-electron chi connectivity index (χ0n) is 10.2. The number of halogens is 1. The lowest BCUT2D eigenvalue weighted by atomic mass is 10.1. The molecule has 0 amide bonds. The van der Waals surface area contributed by atoms with Crippen molar-refractivity contribution in [1.82, 2.24) is 0 Å². The first-order valence-electron chi connectivity index (χ1n) is 5.79. The fourth-order valence-electron chi connectivity index (χ4n) is 1.50. The van der Waals surface area contributed by atoms with Crippen LogP contribution < -0.4 is 5.32 Å². The molecule has 0 saturated carbocycles. The van der Waals surface area contributed by atoms with Crippen LogP contribution in [0, 0.1) is 18.8 Å². The maximum atomic E-state index is 3.41. The molecule has 0 heterocycles. The molecule has 0 aliphatic rings. The van der Waals surface area contributed by atoms with Crippen molar-refractivity contribution in [2.75, 3.05) is 11.9 Å². The Labute approximate surface area is 116 Å². The maximum absolute atomic E-state index is 3.41. The van der Waals surface area contributed by atoms with Gasteiger partial charge in [0.1, 0.15) is 0 Å². The number of aryl methyl sites for hydroxylation is 1. The molecule has 0 unspecified atom stereocenters. The van der Waals surface area contributed by atoms with Crippen molar-refractivity contribution in [3.8, 4) is 11.8 Å². The topological polar surface area (TPSA) is 12.0 Å². The normalized spacial score (nSPS) is 9.44. The predicted molar refractivity (Wildman–Crippen MR) is 80.7 cm³/mol. The van der Waals surface area contributed by atoms with E-state index >= 15 is 0 Å². The molecular formula is C16H14BrN. The lowest BCUT2D eigenvalue weighted by Crippen LogP contribution is -1.97. The Balaban J connectivity index is 1.89. The largest absolute Gasteiger partial charge is 0.374 e. The highest BCUT2D eigenvalue weighted by molar-refractivity contribution is 9.10. The summed E-state index contributed by atoms with van der Waals surface area (Å²) in [6, 6.07) is 16.3. The van der Waals surface area contributed by atoms with Crippen LogP contribution in [0.3, 0.4) is 0 Å². The number of hydrogen-bond donors (Lipinski definition) is 1. The Hall–Kier alpha value is -1.72. The van der Waals surface area contributed by atoms with E-state index in [1.165, 1.54) is 5.56 Å². The number of anilines is 1. The highest BCUT2D eigenvalue weighted by Gasteiger charge is 1.89. The molecule has 0 radical (unpaired) electrons. The predicted octanol–water partition coefficient (Wildman–Crippen LogP) is 4.22. The Kier molecular flexibility index (Phi) is 4.44. The van der Waals surface area contributed by atoms with E-state index in [1.807, 2.05) is 36.4 Å². The van der Waals surface area contributed by atoms with Crippen LogP contribution >= 0.6 is 15.9 Å². The lowest BCUT2D eigenvalue weighted by Gasteiger charge is -2.01. The van der Waals surface area contributed by atoms with Crippen LogP contribution in [0.25, 0.3) is 0 Å². The number of nitrogens with one attached hydrogen (secondary N) is 1. The Morgan fingerprint density at radius 3 is 2.33 bits per heavy atom. The second-order valence-corrected chi connectivity index (χ2v) is 4.94. The third kappa shape index (κ3) is 3.94. The molecule has 90 valence electrons. The highest BCUT2D eigenvalue weighted by Crippen LogP contribution is 2.13. The summed E-state index contributed by atoms with van der Waals surface area (Å²) in [5.74, 6) is 6.24. The van der Waals surface area contributed by atoms with Crippen molar-refractivity contribution >= 4 is 21.6 Å². The molecule has 0 spiro atoms. The van der Waals surface area contributed by atoms with Crippen molar-refractivity contribution in [3.63, 3.8) is 0 Å². The quantitative estimate of drug-likeness (QED) is 0.819. The molecule has 1 N–H and O–H groups in total. The molecule has 0 fully saturated rings. The van der Waals surface area contributed by atoms with Crippen molar-refractivity contribution < 1.29 is 0 Å². The molecule has 0 aliphatic carbocycles. The van der Waals surface area contributed by atoms with E-state index in [1.54, 1.807) is 0 Å². The molecule has 0 bridgehead atoms. The molecule has 0 saturated heterocycles. The van der Waals surface area contributed by atoms with Crippen LogP contribution in [-0.2, 0) is 0 Å². The highest BCUT2D eigenvalue weighted by atomic mass is 79.9. The van der Waals surface area contributed by atoms with Gasteiger partial charge in [-0.1, -0.05) is 45.5 Å². The summed E-state index contributed by atoms with van der Waals surface area (Å²) in [7, 11) is 0. The first-order valence-corrected chi connectivity index (χ1v) is 6.58. The van der Waals surface area contributed by atoms with Gasteiger partial charge in [0.05, 0.1) is 6.54 Å². The molecule has 0 aromatic heterocycles. The summed E-state index contributed by atoms with van der Waals surface area (Å²) in [6.45, 7) is 2.72. The van der Waals surface area contributed by atoms with Gasteiger partial charge in [-0.05, 0) is 43.3 Å². The van der Waals surface area contributed by atoms with Gasteiger partial charge in [-0.25, -0.2) is 0 Å². The van der Waals surface area contributed by atoms with E-state index < -0.39 is 0 Å². The SMILES string of the molecule is Cc1ccc(C#CCNc2ccc(Br)cc2)cc1. The van der Waals surface area contributed by atoms with Crippen molar-refractivity contribution in [2.24, 2.45) is 0 Å². The molecule has 0 aliphatic heterocycles. The maximum Gasteiger partial charge on any atom is 0.0769 e. The van der Waals surface area contributed by atoms with Gasteiger partial charge in [0.25, 0.3) is 0 Å². The minimum Gasteiger partial charge on any atom is -0.374 e.